The molecule has 3 heterocycles. The fraction of sp³-hybridized carbons (Fsp3) is 0.591. The molecule has 1 atom stereocenters. The van der Waals surface area contributed by atoms with Gasteiger partial charge < -0.3 is 14.8 Å². The molecule has 4 rings (SSSR count). The SMILES string of the molecule is CN1CCCC[C@@H]1Cn1cc(-c2ccc(F)c(C(F)F)c2)nc1C1CCNCC1. The van der Waals surface area contributed by atoms with Crippen LogP contribution in [0.3, 0.4) is 0 Å². The minimum atomic E-state index is -2.84. The lowest BCUT2D eigenvalue weighted by Gasteiger charge is -2.33. The van der Waals surface area contributed by atoms with E-state index >= 15 is 0 Å². The summed E-state index contributed by atoms with van der Waals surface area (Å²) in [7, 11) is 2.17. The van der Waals surface area contributed by atoms with E-state index in [1.807, 2.05) is 6.20 Å². The molecule has 29 heavy (non-hydrogen) atoms. The summed E-state index contributed by atoms with van der Waals surface area (Å²) in [5.41, 5.74) is 0.638. The van der Waals surface area contributed by atoms with Gasteiger partial charge in [0.15, 0.2) is 0 Å². The first-order valence-electron chi connectivity index (χ1n) is 10.6. The van der Waals surface area contributed by atoms with Crippen molar-refractivity contribution >= 4 is 0 Å². The number of likely N-dealkylation sites (N-methyl/N-ethyl adjacent to an activating group) is 1. The van der Waals surface area contributed by atoms with Crippen LogP contribution in [0.15, 0.2) is 24.4 Å². The smallest absolute Gasteiger partial charge is 0.266 e. The van der Waals surface area contributed by atoms with E-state index < -0.39 is 17.8 Å². The van der Waals surface area contributed by atoms with Crippen molar-refractivity contribution in [2.75, 3.05) is 26.7 Å². The number of aromatic nitrogens is 2. The standard InChI is InChI=1S/C22H29F3N4/c1-28-11-3-2-4-17(28)13-29-14-20(27-22(29)15-7-9-26-10-8-15)16-5-6-19(23)18(12-16)21(24)25/h5-6,12,14-15,17,21,26H,2-4,7-11,13H2,1H3/t17-/m1/s1. The Morgan fingerprint density at radius 2 is 1.97 bits per heavy atom. The minimum absolute atomic E-state index is 0.355. The van der Waals surface area contributed by atoms with E-state index in [0.29, 0.717) is 23.2 Å². The molecule has 0 unspecified atom stereocenters. The van der Waals surface area contributed by atoms with Gasteiger partial charge in [-0.2, -0.15) is 0 Å². The van der Waals surface area contributed by atoms with Crippen molar-refractivity contribution in [2.24, 2.45) is 0 Å². The van der Waals surface area contributed by atoms with Crippen LogP contribution >= 0.6 is 0 Å². The van der Waals surface area contributed by atoms with Gasteiger partial charge in [0.2, 0.25) is 0 Å². The summed E-state index contributed by atoms with van der Waals surface area (Å²) in [5, 5.41) is 3.39. The number of benzene rings is 1. The molecule has 4 nitrogen and oxygen atoms in total. The maximum Gasteiger partial charge on any atom is 0.266 e. The van der Waals surface area contributed by atoms with E-state index in [1.165, 1.54) is 18.9 Å². The van der Waals surface area contributed by atoms with Gasteiger partial charge in [0.25, 0.3) is 6.43 Å². The molecular weight excluding hydrogens is 377 g/mol. The van der Waals surface area contributed by atoms with E-state index in [-0.39, 0.29) is 0 Å². The first-order chi connectivity index (χ1) is 14.0. The average Bonchev–Trinajstić information content (AvgIpc) is 3.14. The first kappa shape index (κ1) is 20.4. The zero-order chi connectivity index (χ0) is 20.4. The number of hydrogen-bond acceptors (Lipinski definition) is 3. The van der Waals surface area contributed by atoms with E-state index in [1.54, 1.807) is 6.07 Å². The zero-order valence-corrected chi connectivity index (χ0v) is 16.9. The van der Waals surface area contributed by atoms with Crippen LogP contribution in [0.1, 0.15) is 55.8 Å². The number of nitrogens with zero attached hydrogens (tertiary/aromatic N) is 3. The lowest BCUT2D eigenvalue weighted by molar-refractivity contribution is 0.146. The number of hydrogen-bond donors (Lipinski definition) is 1. The van der Waals surface area contributed by atoms with Crippen LogP contribution in [0.5, 0.6) is 0 Å². The summed E-state index contributed by atoms with van der Waals surface area (Å²) < 4.78 is 42.3. The third-order valence-electron chi connectivity index (χ3n) is 6.37. The van der Waals surface area contributed by atoms with Gasteiger partial charge in [-0.25, -0.2) is 18.2 Å². The Bertz CT molecular complexity index is 829. The highest BCUT2D eigenvalue weighted by atomic mass is 19.3. The fourth-order valence-electron chi connectivity index (χ4n) is 4.59. The molecule has 2 aliphatic rings. The van der Waals surface area contributed by atoms with Crippen LogP contribution in [0, 0.1) is 5.82 Å². The van der Waals surface area contributed by atoms with Crippen molar-refractivity contribution in [1.29, 1.82) is 0 Å². The molecule has 1 aromatic carbocycles. The van der Waals surface area contributed by atoms with Crippen LogP contribution in [0.2, 0.25) is 0 Å². The topological polar surface area (TPSA) is 33.1 Å². The van der Waals surface area contributed by atoms with Crippen molar-refractivity contribution in [3.05, 3.63) is 41.6 Å². The summed E-state index contributed by atoms with van der Waals surface area (Å²) in [4.78, 5) is 7.28. The summed E-state index contributed by atoms with van der Waals surface area (Å²) in [5.74, 6) is 0.517. The second-order valence-corrected chi connectivity index (χ2v) is 8.33. The summed E-state index contributed by atoms with van der Waals surface area (Å²) in [6.07, 6.45) is 4.79. The van der Waals surface area contributed by atoms with Crippen LogP contribution in [-0.2, 0) is 6.54 Å². The van der Waals surface area contributed by atoms with Crippen LogP contribution in [-0.4, -0.2) is 47.2 Å². The summed E-state index contributed by atoms with van der Waals surface area (Å²) >= 11 is 0. The molecule has 0 spiro atoms. The molecule has 2 saturated heterocycles. The molecule has 0 radical (unpaired) electrons. The van der Waals surface area contributed by atoms with Crippen LogP contribution < -0.4 is 5.32 Å². The third kappa shape index (κ3) is 4.51. The Labute approximate surface area is 170 Å². The molecule has 2 aliphatic heterocycles. The summed E-state index contributed by atoms with van der Waals surface area (Å²) in [6.45, 7) is 3.88. The molecule has 1 N–H and O–H groups in total. The molecule has 2 aromatic rings. The van der Waals surface area contributed by atoms with Gasteiger partial charge in [0.1, 0.15) is 11.6 Å². The Kier molecular flexibility index (Phi) is 6.25. The minimum Gasteiger partial charge on any atom is -0.332 e. The lowest BCUT2D eigenvalue weighted by Crippen LogP contribution is -2.39. The van der Waals surface area contributed by atoms with E-state index in [9.17, 15) is 13.2 Å². The Morgan fingerprint density at radius 3 is 2.69 bits per heavy atom. The molecule has 7 heteroatoms. The van der Waals surface area contributed by atoms with Crippen LogP contribution in [0.25, 0.3) is 11.3 Å². The van der Waals surface area contributed by atoms with Crippen molar-refractivity contribution < 1.29 is 13.2 Å². The lowest BCUT2D eigenvalue weighted by atomic mass is 9.97. The van der Waals surface area contributed by atoms with E-state index in [0.717, 1.165) is 57.3 Å². The second kappa shape index (κ2) is 8.88. The molecule has 0 bridgehead atoms. The largest absolute Gasteiger partial charge is 0.332 e. The maximum atomic E-state index is 13.7. The molecule has 2 fully saturated rings. The molecule has 158 valence electrons. The Balaban J connectivity index is 1.68. The predicted octanol–water partition coefficient (Wildman–Crippen LogP) is 4.58. The number of rotatable bonds is 5. The van der Waals surface area contributed by atoms with Crippen molar-refractivity contribution in [2.45, 2.75) is 57.0 Å². The Morgan fingerprint density at radius 1 is 1.17 bits per heavy atom. The first-order valence-corrected chi connectivity index (χ1v) is 10.6. The van der Waals surface area contributed by atoms with Gasteiger partial charge in [-0.3, -0.25) is 0 Å². The van der Waals surface area contributed by atoms with Crippen molar-refractivity contribution in [3.63, 3.8) is 0 Å². The number of alkyl halides is 2. The highest BCUT2D eigenvalue weighted by Crippen LogP contribution is 2.32. The molecule has 0 saturated carbocycles. The van der Waals surface area contributed by atoms with Gasteiger partial charge in [0.05, 0.1) is 11.3 Å². The Hall–Kier alpha value is -1.86. The monoisotopic (exact) mass is 406 g/mol. The van der Waals surface area contributed by atoms with E-state index in [2.05, 4.69) is 21.8 Å². The second-order valence-electron chi connectivity index (χ2n) is 8.33. The van der Waals surface area contributed by atoms with Crippen LogP contribution in [0.4, 0.5) is 13.2 Å². The summed E-state index contributed by atoms with van der Waals surface area (Å²) in [6, 6.07) is 4.36. The number of imidazole rings is 1. The maximum absolute atomic E-state index is 13.7. The zero-order valence-electron chi connectivity index (χ0n) is 16.9. The van der Waals surface area contributed by atoms with Crippen molar-refractivity contribution in [3.8, 4) is 11.3 Å². The van der Waals surface area contributed by atoms with E-state index in [4.69, 9.17) is 4.98 Å². The fourth-order valence-corrected chi connectivity index (χ4v) is 4.59. The number of piperidine rings is 2. The highest BCUT2D eigenvalue weighted by Gasteiger charge is 2.26. The quantitative estimate of drug-likeness (QED) is 0.789. The third-order valence-corrected chi connectivity index (χ3v) is 6.37. The average molecular weight is 406 g/mol. The predicted molar refractivity (Wildman–Crippen MR) is 108 cm³/mol. The highest BCUT2D eigenvalue weighted by molar-refractivity contribution is 5.60. The molecule has 0 aliphatic carbocycles. The van der Waals surface area contributed by atoms with Gasteiger partial charge in [-0.1, -0.05) is 6.42 Å². The van der Waals surface area contributed by atoms with Gasteiger partial charge >= 0.3 is 0 Å². The molecule has 1 aromatic heterocycles. The number of likely N-dealkylation sites (tertiary alicyclic amines) is 1. The van der Waals surface area contributed by atoms with Gasteiger partial charge in [-0.15, -0.1) is 0 Å². The van der Waals surface area contributed by atoms with Gasteiger partial charge in [-0.05, 0) is 70.6 Å². The van der Waals surface area contributed by atoms with Gasteiger partial charge in [0, 0.05) is 30.3 Å². The number of halogens is 3. The number of nitrogens with one attached hydrogen (secondary N) is 1. The molecule has 0 amide bonds. The molecular formula is C22H29F3N4. The normalized spacial score (nSPS) is 21.8. The van der Waals surface area contributed by atoms with Crippen molar-refractivity contribution in [1.82, 2.24) is 19.8 Å².